The Hall–Kier alpha value is -1.31. The second-order valence-electron chi connectivity index (χ2n) is 6.30. The summed E-state index contributed by atoms with van der Waals surface area (Å²) in [6, 6.07) is 5.85. The summed E-state index contributed by atoms with van der Waals surface area (Å²) < 4.78 is 5.99. The van der Waals surface area contributed by atoms with Gasteiger partial charge in [0, 0.05) is 0 Å². The Morgan fingerprint density at radius 2 is 2.16 bits per heavy atom. The van der Waals surface area contributed by atoms with Crippen LogP contribution in [-0.2, 0) is 0 Å². The monoisotopic (exact) mass is 258 g/mol. The standard InChI is InChI=1S/C17H22O2/c1-11-3-6-16(12(2)18)17(7-11)19-10-15-9-13-4-5-14(15)8-13/h3,6-7,13-15H,4-5,8-10H2,1-2H3. The summed E-state index contributed by atoms with van der Waals surface area (Å²) >= 11 is 0. The molecule has 1 aromatic carbocycles. The number of carbonyl (C=O) groups is 1. The Morgan fingerprint density at radius 3 is 2.79 bits per heavy atom. The molecule has 19 heavy (non-hydrogen) atoms. The lowest BCUT2D eigenvalue weighted by molar-refractivity contribution is 0.101. The lowest BCUT2D eigenvalue weighted by Crippen LogP contribution is -2.19. The highest BCUT2D eigenvalue weighted by atomic mass is 16.5. The summed E-state index contributed by atoms with van der Waals surface area (Å²) in [5.41, 5.74) is 1.86. The number of ether oxygens (including phenoxy) is 1. The third kappa shape index (κ3) is 2.54. The molecule has 2 nitrogen and oxygen atoms in total. The number of hydrogen-bond acceptors (Lipinski definition) is 2. The highest BCUT2D eigenvalue weighted by molar-refractivity contribution is 5.96. The lowest BCUT2D eigenvalue weighted by atomic mass is 9.89. The van der Waals surface area contributed by atoms with E-state index in [2.05, 4.69) is 0 Å². The normalized spacial score (nSPS) is 28.6. The first-order valence-corrected chi connectivity index (χ1v) is 7.38. The van der Waals surface area contributed by atoms with Gasteiger partial charge in [-0.1, -0.05) is 12.5 Å². The Kier molecular flexibility index (Phi) is 3.34. The molecular formula is C17H22O2. The molecule has 0 saturated heterocycles. The average Bonchev–Trinajstić information content (AvgIpc) is 2.98. The predicted molar refractivity (Wildman–Crippen MR) is 75.6 cm³/mol. The van der Waals surface area contributed by atoms with Crippen LogP contribution in [0.3, 0.4) is 0 Å². The van der Waals surface area contributed by atoms with E-state index in [0.29, 0.717) is 11.5 Å². The summed E-state index contributed by atoms with van der Waals surface area (Å²) in [4.78, 5) is 11.6. The van der Waals surface area contributed by atoms with E-state index in [9.17, 15) is 4.79 Å². The van der Waals surface area contributed by atoms with Gasteiger partial charge in [-0.2, -0.15) is 0 Å². The highest BCUT2D eigenvalue weighted by Crippen LogP contribution is 2.48. The molecule has 0 radical (unpaired) electrons. The second-order valence-corrected chi connectivity index (χ2v) is 6.30. The Bertz CT molecular complexity index is 492. The van der Waals surface area contributed by atoms with Gasteiger partial charge in [-0.25, -0.2) is 0 Å². The van der Waals surface area contributed by atoms with Crippen molar-refractivity contribution in [1.29, 1.82) is 0 Å². The third-order valence-electron chi connectivity index (χ3n) is 4.85. The first-order chi connectivity index (χ1) is 9.13. The van der Waals surface area contributed by atoms with Crippen LogP contribution < -0.4 is 4.74 Å². The van der Waals surface area contributed by atoms with Crippen molar-refractivity contribution in [3.8, 4) is 5.75 Å². The van der Waals surface area contributed by atoms with E-state index >= 15 is 0 Å². The fraction of sp³-hybridized carbons (Fsp3) is 0.588. The molecule has 2 bridgehead atoms. The number of aryl methyl sites for hydroxylation is 1. The summed E-state index contributed by atoms with van der Waals surface area (Å²) in [7, 11) is 0. The summed E-state index contributed by atoms with van der Waals surface area (Å²) in [6.45, 7) is 4.42. The lowest BCUT2D eigenvalue weighted by Gasteiger charge is -2.22. The zero-order chi connectivity index (χ0) is 13.4. The molecule has 3 unspecified atom stereocenters. The van der Waals surface area contributed by atoms with Gasteiger partial charge < -0.3 is 4.74 Å². The molecule has 1 aromatic rings. The van der Waals surface area contributed by atoms with Gasteiger partial charge in [0.15, 0.2) is 5.78 Å². The number of ketones is 1. The number of fused-ring (bicyclic) bond motifs is 2. The van der Waals surface area contributed by atoms with Gasteiger partial charge in [-0.15, -0.1) is 0 Å². The molecule has 0 spiro atoms. The molecule has 0 amide bonds. The summed E-state index contributed by atoms with van der Waals surface area (Å²) in [5.74, 6) is 3.39. The Morgan fingerprint density at radius 1 is 1.32 bits per heavy atom. The molecule has 0 aromatic heterocycles. The molecule has 0 aliphatic heterocycles. The van der Waals surface area contributed by atoms with E-state index in [1.807, 2.05) is 25.1 Å². The van der Waals surface area contributed by atoms with Crippen LogP contribution in [0, 0.1) is 24.7 Å². The van der Waals surface area contributed by atoms with Crippen molar-refractivity contribution >= 4 is 5.78 Å². The van der Waals surface area contributed by atoms with Crippen LogP contribution in [0.1, 0.15) is 48.5 Å². The van der Waals surface area contributed by atoms with Gasteiger partial charge in [0.2, 0.25) is 0 Å². The van der Waals surface area contributed by atoms with Crippen molar-refractivity contribution in [2.75, 3.05) is 6.61 Å². The van der Waals surface area contributed by atoms with E-state index in [-0.39, 0.29) is 5.78 Å². The number of rotatable bonds is 4. The first-order valence-electron chi connectivity index (χ1n) is 7.38. The molecule has 3 rings (SSSR count). The van der Waals surface area contributed by atoms with Crippen LogP contribution in [0.5, 0.6) is 5.75 Å². The number of carbonyl (C=O) groups excluding carboxylic acids is 1. The topological polar surface area (TPSA) is 26.3 Å². The minimum atomic E-state index is 0.0861. The maximum absolute atomic E-state index is 11.6. The molecular weight excluding hydrogens is 236 g/mol. The van der Waals surface area contributed by atoms with Crippen molar-refractivity contribution in [2.24, 2.45) is 17.8 Å². The fourth-order valence-corrected chi connectivity index (χ4v) is 3.82. The van der Waals surface area contributed by atoms with Gasteiger partial charge in [-0.05, 0) is 68.6 Å². The van der Waals surface area contributed by atoms with Crippen molar-refractivity contribution in [3.05, 3.63) is 29.3 Å². The SMILES string of the molecule is CC(=O)c1ccc(C)cc1OCC1CC2CCC1C2. The Balaban J connectivity index is 1.69. The zero-order valence-electron chi connectivity index (χ0n) is 11.8. The molecule has 0 heterocycles. The maximum atomic E-state index is 11.6. The van der Waals surface area contributed by atoms with Crippen LogP contribution >= 0.6 is 0 Å². The van der Waals surface area contributed by atoms with E-state index in [4.69, 9.17) is 4.74 Å². The largest absolute Gasteiger partial charge is 0.493 e. The van der Waals surface area contributed by atoms with Crippen molar-refractivity contribution < 1.29 is 9.53 Å². The average molecular weight is 258 g/mol. The quantitative estimate of drug-likeness (QED) is 0.763. The number of Topliss-reactive ketones (excluding diaryl/α,β-unsaturated/α-hetero) is 1. The van der Waals surface area contributed by atoms with Gasteiger partial charge in [-0.3, -0.25) is 4.79 Å². The highest BCUT2D eigenvalue weighted by Gasteiger charge is 2.39. The molecule has 2 saturated carbocycles. The zero-order valence-corrected chi connectivity index (χ0v) is 11.8. The first kappa shape index (κ1) is 12.7. The molecule has 3 atom stereocenters. The van der Waals surface area contributed by atoms with Crippen LogP contribution in [0.4, 0.5) is 0 Å². The molecule has 0 N–H and O–H groups in total. The van der Waals surface area contributed by atoms with E-state index in [1.54, 1.807) is 6.92 Å². The van der Waals surface area contributed by atoms with Crippen LogP contribution in [0.2, 0.25) is 0 Å². The minimum absolute atomic E-state index is 0.0861. The minimum Gasteiger partial charge on any atom is -0.493 e. The van der Waals surface area contributed by atoms with E-state index in [0.717, 1.165) is 29.8 Å². The number of benzene rings is 1. The van der Waals surface area contributed by atoms with Crippen molar-refractivity contribution in [3.63, 3.8) is 0 Å². The Labute approximate surface area is 115 Å². The molecule has 2 fully saturated rings. The van der Waals surface area contributed by atoms with Crippen molar-refractivity contribution in [1.82, 2.24) is 0 Å². The van der Waals surface area contributed by atoms with E-state index < -0.39 is 0 Å². The van der Waals surface area contributed by atoms with Gasteiger partial charge in [0.05, 0.1) is 12.2 Å². The van der Waals surface area contributed by atoms with Gasteiger partial charge >= 0.3 is 0 Å². The maximum Gasteiger partial charge on any atom is 0.163 e. The molecule has 2 aliphatic rings. The third-order valence-corrected chi connectivity index (χ3v) is 4.85. The second kappa shape index (κ2) is 4.99. The molecule has 2 heteroatoms. The molecule has 102 valence electrons. The summed E-state index contributed by atoms with van der Waals surface area (Å²) in [5, 5.41) is 0. The molecule has 2 aliphatic carbocycles. The van der Waals surface area contributed by atoms with Crippen LogP contribution in [0.15, 0.2) is 18.2 Å². The van der Waals surface area contributed by atoms with E-state index in [1.165, 1.54) is 25.7 Å². The fourth-order valence-electron chi connectivity index (χ4n) is 3.82. The van der Waals surface area contributed by atoms with Crippen LogP contribution in [-0.4, -0.2) is 12.4 Å². The smallest absolute Gasteiger partial charge is 0.163 e. The predicted octanol–water partition coefficient (Wildman–Crippen LogP) is 4.01. The van der Waals surface area contributed by atoms with Gasteiger partial charge in [0.1, 0.15) is 5.75 Å². The van der Waals surface area contributed by atoms with Crippen LogP contribution in [0.25, 0.3) is 0 Å². The summed E-state index contributed by atoms with van der Waals surface area (Å²) in [6.07, 6.45) is 5.53. The van der Waals surface area contributed by atoms with Crippen molar-refractivity contribution in [2.45, 2.75) is 39.5 Å². The number of hydrogen-bond donors (Lipinski definition) is 0. The van der Waals surface area contributed by atoms with Gasteiger partial charge in [0.25, 0.3) is 0 Å².